The van der Waals surface area contributed by atoms with E-state index in [1.54, 1.807) is 6.07 Å². The second-order valence-corrected chi connectivity index (χ2v) is 7.36. The van der Waals surface area contributed by atoms with Crippen molar-refractivity contribution in [1.82, 2.24) is 9.80 Å². The van der Waals surface area contributed by atoms with Gasteiger partial charge in [0.2, 0.25) is 5.91 Å². The molecule has 1 unspecified atom stereocenters. The normalized spacial score (nSPS) is 19.7. The fraction of sp³-hybridized carbons (Fsp3) is 0.364. The van der Waals surface area contributed by atoms with E-state index in [0.717, 1.165) is 25.2 Å². The molecule has 1 atom stereocenters. The summed E-state index contributed by atoms with van der Waals surface area (Å²) in [5.41, 5.74) is 3.40. The van der Waals surface area contributed by atoms with Crippen LogP contribution in [0.2, 0.25) is 0 Å². The third-order valence-corrected chi connectivity index (χ3v) is 5.38. The first kappa shape index (κ1) is 17.7. The highest BCUT2D eigenvalue weighted by Gasteiger charge is 2.36. The van der Waals surface area contributed by atoms with Crippen LogP contribution in [0.4, 0.5) is 0 Å². The topological polar surface area (TPSA) is 49.9 Å². The van der Waals surface area contributed by atoms with E-state index in [9.17, 15) is 9.59 Å². The number of fused-ring (bicyclic) bond motifs is 1. The van der Waals surface area contributed by atoms with Gasteiger partial charge in [-0.05, 0) is 18.6 Å². The van der Waals surface area contributed by atoms with Crippen LogP contribution in [0, 0.1) is 6.92 Å². The van der Waals surface area contributed by atoms with E-state index in [-0.39, 0.29) is 18.3 Å². The Labute approximate surface area is 159 Å². The van der Waals surface area contributed by atoms with Crippen molar-refractivity contribution in [2.45, 2.75) is 25.8 Å². The SMILES string of the molecule is Cc1cccc(CN2CCN(C(=O)CC3C(=O)Oc4ccccc43)CC2)c1. The average Bonchev–Trinajstić information content (AvgIpc) is 2.98. The molecule has 2 aliphatic heterocycles. The first-order valence-corrected chi connectivity index (χ1v) is 9.46. The van der Waals surface area contributed by atoms with Crippen LogP contribution in [0.5, 0.6) is 5.75 Å². The van der Waals surface area contributed by atoms with Gasteiger partial charge in [0.25, 0.3) is 0 Å². The predicted octanol–water partition coefficient (Wildman–Crippen LogP) is 2.73. The molecule has 0 spiro atoms. The Morgan fingerprint density at radius 2 is 1.85 bits per heavy atom. The molecule has 0 aromatic heterocycles. The summed E-state index contributed by atoms with van der Waals surface area (Å²) in [5, 5.41) is 0. The summed E-state index contributed by atoms with van der Waals surface area (Å²) in [6, 6.07) is 15.9. The summed E-state index contributed by atoms with van der Waals surface area (Å²) in [5.74, 6) is -0.172. The van der Waals surface area contributed by atoms with Crippen molar-refractivity contribution in [2.24, 2.45) is 0 Å². The second kappa shape index (κ2) is 7.53. The Hall–Kier alpha value is -2.66. The number of hydrogen-bond acceptors (Lipinski definition) is 4. The molecule has 2 aliphatic rings. The maximum absolute atomic E-state index is 12.7. The van der Waals surface area contributed by atoms with Crippen LogP contribution in [-0.4, -0.2) is 47.9 Å². The Balaban J connectivity index is 1.32. The molecule has 27 heavy (non-hydrogen) atoms. The Morgan fingerprint density at radius 3 is 2.63 bits per heavy atom. The van der Waals surface area contributed by atoms with Crippen molar-refractivity contribution < 1.29 is 14.3 Å². The third-order valence-electron chi connectivity index (χ3n) is 5.38. The Kier molecular flexibility index (Phi) is 4.94. The van der Waals surface area contributed by atoms with Crippen molar-refractivity contribution in [3.63, 3.8) is 0 Å². The lowest BCUT2D eigenvalue weighted by Gasteiger charge is -2.35. The lowest BCUT2D eigenvalue weighted by Crippen LogP contribution is -2.48. The summed E-state index contributed by atoms with van der Waals surface area (Å²) in [6.07, 6.45) is 0.188. The molecule has 1 saturated heterocycles. The number of piperazine rings is 1. The fourth-order valence-corrected chi connectivity index (χ4v) is 3.89. The number of hydrogen-bond donors (Lipinski definition) is 0. The first-order valence-electron chi connectivity index (χ1n) is 9.46. The van der Waals surface area contributed by atoms with Gasteiger partial charge in [-0.15, -0.1) is 0 Å². The molecule has 1 amide bonds. The molecule has 0 aliphatic carbocycles. The molecule has 0 saturated carbocycles. The number of esters is 1. The fourth-order valence-electron chi connectivity index (χ4n) is 3.89. The van der Waals surface area contributed by atoms with Gasteiger partial charge >= 0.3 is 5.97 Å². The summed E-state index contributed by atoms with van der Waals surface area (Å²) in [4.78, 5) is 29.1. The van der Waals surface area contributed by atoms with E-state index < -0.39 is 5.92 Å². The zero-order chi connectivity index (χ0) is 18.8. The molecule has 5 nitrogen and oxygen atoms in total. The average molecular weight is 364 g/mol. The van der Waals surface area contributed by atoms with Crippen LogP contribution in [-0.2, 0) is 16.1 Å². The minimum Gasteiger partial charge on any atom is -0.426 e. The van der Waals surface area contributed by atoms with Gasteiger partial charge in [-0.1, -0.05) is 48.0 Å². The number of para-hydroxylation sites is 1. The van der Waals surface area contributed by atoms with Gasteiger partial charge in [-0.2, -0.15) is 0 Å². The largest absolute Gasteiger partial charge is 0.426 e. The summed E-state index contributed by atoms with van der Waals surface area (Å²) in [7, 11) is 0. The standard InChI is InChI=1S/C22H24N2O3/c1-16-5-4-6-17(13-16)15-23-9-11-24(12-10-23)21(25)14-19-18-7-2-3-8-20(18)27-22(19)26/h2-8,13,19H,9-12,14-15H2,1H3. The van der Waals surface area contributed by atoms with Gasteiger partial charge in [0.1, 0.15) is 5.75 Å². The van der Waals surface area contributed by atoms with Crippen LogP contribution < -0.4 is 4.74 Å². The molecular formula is C22H24N2O3. The van der Waals surface area contributed by atoms with E-state index in [1.165, 1.54) is 11.1 Å². The molecular weight excluding hydrogens is 340 g/mol. The highest BCUT2D eigenvalue weighted by molar-refractivity contribution is 5.91. The molecule has 1 fully saturated rings. The molecule has 5 heteroatoms. The Bertz CT molecular complexity index is 856. The molecule has 0 radical (unpaired) electrons. The first-order chi connectivity index (χ1) is 13.1. The predicted molar refractivity (Wildman–Crippen MR) is 102 cm³/mol. The smallest absolute Gasteiger partial charge is 0.319 e. The van der Waals surface area contributed by atoms with Gasteiger partial charge in [0, 0.05) is 44.7 Å². The van der Waals surface area contributed by atoms with Crippen molar-refractivity contribution in [2.75, 3.05) is 26.2 Å². The van der Waals surface area contributed by atoms with Gasteiger partial charge < -0.3 is 9.64 Å². The van der Waals surface area contributed by atoms with Gasteiger partial charge in [-0.3, -0.25) is 14.5 Å². The Morgan fingerprint density at radius 1 is 1.07 bits per heavy atom. The van der Waals surface area contributed by atoms with E-state index in [2.05, 4.69) is 36.1 Å². The maximum Gasteiger partial charge on any atom is 0.319 e. The molecule has 2 aromatic rings. The van der Waals surface area contributed by atoms with Gasteiger partial charge in [0.15, 0.2) is 0 Å². The van der Waals surface area contributed by atoms with E-state index in [0.29, 0.717) is 18.8 Å². The number of rotatable bonds is 4. The van der Waals surface area contributed by atoms with Crippen molar-refractivity contribution in [3.8, 4) is 5.75 Å². The number of carbonyl (C=O) groups excluding carboxylic acids is 2. The van der Waals surface area contributed by atoms with Crippen LogP contribution in [0.1, 0.15) is 29.0 Å². The monoisotopic (exact) mass is 364 g/mol. The molecule has 2 heterocycles. The summed E-state index contributed by atoms with van der Waals surface area (Å²) in [6.45, 7) is 6.12. The number of amides is 1. The highest BCUT2D eigenvalue weighted by Crippen LogP contribution is 2.36. The minimum atomic E-state index is -0.473. The quantitative estimate of drug-likeness (QED) is 0.618. The molecule has 140 valence electrons. The van der Waals surface area contributed by atoms with Crippen LogP contribution in [0.3, 0.4) is 0 Å². The van der Waals surface area contributed by atoms with E-state index in [1.807, 2.05) is 23.1 Å². The number of nitrogens with zero attached hydrogens (tertiary/aromatic N) is 2. The zero-order valence-electron chi connectivity index (χ0n) is 15.6. The number of carbonyl (C=O) groups is 2. The summed E-state index contributed by atoms with van der Waals surface area (Å²) < 4.78 is 5.28. The summed E-state index contributed by atoms with van der Waals surface area (Å²) >= 11 is 0. The van der Waals surface area contributed by atoms with Crippen molar-refractivity contribution in [1.29, 1.82) is 0 Å². The minimum absolute atomic E-state index is 0.0314. The van der Waals surface area contributed by atoms with E-state index in [4.69, 9.17) is 4.74 Å². The van der Waals surface area contributed by atoms with Crippen molar-refractivity contribution >= 4 is 11.9 Å². The van der Waals surface area contributed by atoms with E-state index >= 15 is 0 Å². The van der Waals surface area contributed by atoms with Crippen molar-refractivity contribution in [3.05, 3.63) is 65.2 Å². The van der Waals surface area contributed by atoms with Gasteiger partial charge in [0.05, 0.1) is 5.92 Å². The van der Waals surface area contributed by atoms with Crippen LogP contribution >= 0.6 is 0 Å². The zero-order valence-corrected chi connectivity index (χ0v) is 15.6. The van der Waals surface area contributed by atoms with Gasteiger partial charge in [-0.25, -0.2) is 0 Å². The third kappa shape index (κ3) is 3.88. The lowest BCUT2D eigenvalue weighted by atomic mass is 9.96. The number of aryl methyl sites for hydroxylation is 1. The number of benzene rings is 2. The maximum atomic E-state index is 12.7. The molecule has 0 N–H and O–H groups in total. The van der Waals surface area contributed by atoms with Crippen LogP contribution in [0.15, 0.2) is 48.5 Å². The lowest BCUT2D eigenvalue weighted by molar-refractivity contribution is -0.140. The molecule has 2 aromatic carbocycles. The molecule has 4 rings (SSSR count). The van der Waals surface area contributed by atoms with Crippen LogP contribution in [0.25, 0.3) is 0 Å². The number of ether oxygens (including phenoxy) is 1. The molecule has 0 bridgehead atoms. The second-order valence-electron chi connectivity index (χ2n) is 7.36. The highest BCUT2D eigenvalue weighted by atomic mass is 16.5.